The van der Waals surface area contributed by atoms with Gasteiger partial charge in [-0.05, 0) is 38.1 Å². The molecule has 9 heteroatoms. The van der Waals surface area contributed by atoms with E-state index in [1.54, 1.807) is 6.20 Å². The van der Waals surface area contributed by atoms with Crippen LogP contribution in [-0.4, -0.2) is 59.0 Å². The van der Waals surface area contributed by atoms with Gasteiger partial charge >= 0.3 is 0 Å². The number of nitrogens with zero attached hydrogens (tertiary/aromatic N) is 3. The first-order valence-electron chi connectivity index (χ1n) is 10.0. The third-order valence-electron chi connectivity index (χ3n) is 5.33. The Morgan fingerprint density at radius 1 is 1.26 bits per heavy atom. The Bertz CT molecular complexity index is 1010. The maximum absolute atomic E-state index is 12.4. The van der Waals surface area contributed by atoms with Crippen molar-refractivity contribution in [2.75, 3.05) is 26.4 Å². The zero-order valence-corrected chi connectivity index (χ0v) is 18.4. The molecule has 3 heterocycles. The number of pyridine rings is 1. The van der Waals surface area contributed by atoms with Crippen LogP contribution in [0.25, 0.3) is 16.7 Å². The average molecular weight is 449 g/mol. The summed E-state index contributed by atoms with van der Waals surface area (Å²) in [5.74, 6) is -2.42. The molecule has 1 aliphatic heterocycles. The van der Waals surface area contributed by atoms with Crippen LogP contribution in [0.2, 0.25) is 0 Å². The van der Waals surface area contributed by atoms with Crippen molar-refractivity contribution in [3.63, 3.8) is 0 Å². The van der Waals surface area contributed by atoms with Gasteiger partial charge < -0.3 is 9.47 Å². The van der Waals surface area contributed by atoms with Crippen molar-refractivity contribution < 1.29 is 18.4 Å². The topological polar surface area (TPSA) is 67.2 Å². The molecule has 0 aromatic carbocycles. The molecule has 1 N–H and O–H groups in total. The van der Waals surface area contributed by atoms with Gasteiger partial charge in [0.2, 0.25) is 0 Å². The van der Waals surface area contributed by atoms with Crippen molar-refractivity contribution in [3.05, 3.63) is 47.8 Å². The summed E-state index contributed by atoms with van der Waals surface area (Å²) >= 11 is 1.30. The number of allylic oxidation sites excluding steroid dienone is 3. The second-order valence-corrected chi connectivity index (χ2v) is 8.24. The third kappa shape index (κ3) is 6.01. The predicted molar refractivity (Wildman–Crippen MR) is 120 cm³/mol. The van der Waals surface area contributed by atoms with E-state index in [0.717, 1.165) is 35.0 Å². The number of alkyl halides is 2. The molecule has 0 radical (unpaired) electrons. The average Bonchev–Trinajstić information content (AvgIpc) is 3.20. The molecule has 4 rings (SSSR count). The minimum atomic E-state index is -2.38. The fourth-order valence-electron chi connectivity index (χ4n) is 3.46. The molecule has 0 unspecified atom stereocenters. The molecule has 2 aliphatic rings. The van der Waals surface area contributed by atoms with Crippen molar-refractivity contribution in [2.45, 2.75) is 31.6 Å². The number of amides is 1. The van der Waals surface area contributed by atoms with Crippen LogP contribution in [0.5, 0.6) is 0 Å². The fourth-order valence-corrected chi connectivity index (χ4v) is 3.77. The van der Waals surface area contributed by atoms with Gasteiger partial charge in [0.1, 0.15) is 5.65 Å². The maximum atomic E-state index is 12.4. The van der Waals surface area contributed by atoms with Crippen molar-refractivity contribution in [1.29, 1.82) is 0 Å². The summed E-state index contributed by atoms with van der Waals surface area (Å²) in [5, 5.41) is 0.931. The second-order valence-electron chi connectivity index (χ2n) is 7.63. The Morgan fingerprint density at radius 2 is 2.00 bits per heavy atom. The zero-order valence-electron chi connectivity index (χ0n) is 17.6. The number of aromatic nitrogens is 2. The molecule has 0 bridgehead atoms. The first kappa shape index (κ1) is 23.1. The Morgan fingerprint density at radius 3 is 2.58 bits per heavy atom. The van der Waals surface area contributed by atoms with E-state index in [0.29, 0.717) is 25.1 Å². The van der Waals surface area contributed by atoms with Crippen molar-refractivity contribution >= 4 is 40.9 Å². The van der Waals surface area contributed by atoms with Gasteiger partial charge in [0.05, 0.1) is 0 Å². The number of piperidine rings is 1. The van der Waals surface area contributed by atoms with E-state index < -0.39 is 5.92 Å². The van der Waals surface area contributed by atoms with Crippen LogP contribution in [0.3, 0.4) is 0 Å². The van der Waals surface area contributed by atoms with E-state index in [-0.39, 0.29) is 18.7 Å². The summed E-state index contributed by atoms with van der Waals surface area (Å²) in [6.07, 6.45) is 11.5. The molecule has 1 saturated heterocycles. The number of aldehydes is 1. The predicted octanol–water partition coefficient (Wildman–Crippen LogP) is 4.15. The van der Waals surface area contributed by atoms with E-state index in [1.807, 2.05) is 53.3 Å². The summed E-state index contributed by atoms with van der Waals surface area (Å²) in [5.41, 5.74) is 3.26. The molecule has 31 heavy (non-hydrogen) atoms. The van der Waals surface area contributed by atoms with Crippen LogP contribution in [0.4, 0.5) is 8.78 Å². The molecule has 0 spiro atoms. The van der Waals surface area contributed by atoms with Crippen molar-refractivity contribution in [3.8, 4) is 0 Å². The largest absolute Gasteiger partial charge is 0.306 e. The van der Waals surface area contributed by atoms with Gasteiger partial charge in [0.15, 0.2) is 6.29 Å². The summed E-state index contributed by atoms with van der Waals surface area (Å²) in [4.78, 5) is 28.9. The van der Waals surface area contributed by atoms with E-state index >= 15 is 0 Å². The second kappa shape index (κ2) is 10.2. The van der Waals surface area contributed by atoms with Crippen LogP contribution in [0.1, 0.15) is 36.0 Å². The summed E-state index contributed by atoms with van der Waals surface area (Å²) in [6.45, 7) is 1.07. The number of halogens is 2. The molecule has 6 nitrogen and oxygen atoms in total. The van der Waals surface area contributed by atoms with E-state index in [1.165, 1.54) is 11.9 Å². The molecule has 166 valence electrons. The molecule has 1 aliphatic carbocycles. The number of carbonyl (C=O) groups is 2. The Labute approximate surface area is 184 Å². The van der Waals surface area contributed by atoms with E-state index in [2.05, 4.69) is 9.71 Å². The van der Waals surface area contributed by atoms with Crippen molar-refractivity contribution in [2.24, 2.45) is 0 Å². The fraction of sp³-hybridized carbons (Fsp3) is 0.409. The Hall–Kier alpha value is -2.52. The Kier molecular flexibility index (Phi) is 7.61. The van der Waals surface area contributed by atoms with Gasteiger partial charge in [-0.25, -0.2) is 13.8 Å². The number of likely N-dealkylation sites (tertiary alicyclic amines) is 1. The van der Waals surface area contributed by atoms with Crippen LogP contribution in [0.15, 0.2) is 42.3 Å². The molecule has 1 amide bonds. The minimum Gasteiger partial charge on any atom is -0.306 e. The van der Waals surface area contributed by atoms with E-state index in [9.17, 15) is 18.4 Å². The third-order valence-corrected chi connectivity index (χ3v) is 5.72. The first-order chi connectivity index (χ1) is 14.8. The number of carbonyl (C=O) groups excluding carboxylic acids is 2. The number of fused-ring (bicyclic) bond motifs is 1. The molecule has 2 aromatic heterocycles. The number of hydrogen-bond acceptors (Lipinski definition) is 5. The highest BCUT2D eigenvalue weighted by molar-refractivity contribution is 7.97. The molecule has 0 atom stereocenters. The lowest BCUT2D eigenvalue weighted by molar-refractivity contribution is -0.115. The molecule has 2 aromatic rings. The highest BCUT2D eigenvalue weighted by atomic mass is 32.2. The van der Waals surface area contributed by atoms with Gasteiger partial charge in [-0.2, -0.15) is 0 Å². The van der Waals surface area contributed by atoms with Crippen LogP contribution >= 0.6 is 11.9 Å². The summed E-state index contributed by atoms with van der Waals surface area (Å²) in [7, 11) is 1.87. The van der Waals surface area contributed by atoms with Gasteiger partial charge in [-0.1, -0.05) is 18.0 Å². The molecule has 0 saturated carbocycles. The van der Waals surface area contributed by atoms with Gasteiger partial charge in [0.25, 0.3) is 11.8 Å². The number of nitrogens with one attached hydrogen (secondary N) is 1. The normalized spacial score (nSPS) is 18.5. The molecular formula is C22H26F2N4O2S. The van der Waals surface area contributed by atoms with Gasteiger partial charge in [-0.3, -0.25) is 14.3 Å². The first-order valence-corrected chi connectivity index (χ1v) is 11.3. The van der Waals surface area contributed by atoms with Gasteiger partial charge in [0, 0.05) is 66.8 Å². The summed E-state index contributed by atoms with van der Waals surface area (Å²) < 4.78 is 29.4. The van der Waals surface area contributed by atoms with Gasteiger partial charge in [-0.15, -0.1) is 0 Å². The van der Waals surface area contributed by atoms with Crippen molar-refractivity contribution in [1.82, 2.24) is 19.2 Å². The lowest BCUT2D eigenvalue weighted by Gasteiger charge is -2.28. The highest BCUT2D eigenvalue weighted by Crippen LogP contribution is 2.27. The zero-order chi connectivity index (χ0) is 22.4. The van der Waals surface area contributed by atoms with Crippen LogP contribution in [-0.2, 0) is 4.79 Å². The number of rotatable bonds is 4. The lowest BCUT2D eigenvalue weighted by Crippen LogP contribution is -2.36. The standard InChI is InChI=1S/C16H15N3O2S.C6H11F2N/c1-22-18-16(21)12-2-4-14(5-3-12)19-7-6-13-8-11(10-20)9-17-15(13)19;1-9-4-2-6(7,8)3-5-9/h2,4,6-10H,3,5H2,1H3,(H,18,21);2-5H2,1H3. The highest BCUT2D eigenvalue weighted by Gasteiger charge is 2.32. The van der Waals surface area contributed by atoms with Crippen LogP contribution < -0.4 is 4.72 Å². The monoisotopic (exact) mass is 448 g/mol. The number of hydrogen-bond donors (Lipinski definition) is 1. The van der Waals surface area contributed by atoms with E-state index in [4.69, 9.17) is 0 Å². The van der Waals surface area contributed by atoms with Crippen LogP contribution in [0, 0.1) is 0 Å². The minimum absolute atomic E-state index is 0.0312. The lowest BCUT2D eigenvalue weighted by atomic mass is 10.0. The summed E-state index contributed by atoms with van der Waals surface area (Å²) in [6, 6.07) is 3.76. The Balaban J connectivity index is 0.000000254. The smallest absolute Gasteiger partial charge is 0.257 e. The molecular weight excluding hydrogens is 422 g/mol. The SMILES string of the molecule is CN1CCC(F)(F)CC1.CSNC(=O)C1=CC=C(n2ccc3cc(C=O)cnc32)CC1. The molecule has 1 fully saturated rings. The quantitative estimate of drug-likeness (QED) is 0.562. The maximum Gasteiger partial charge on any atom is 0.257 e.